The van der Waals surface area contributed by atoms with Crippen LogP contribution in [0.25, 0.3) is 0 Å². The Kier molecular flexibility index (Phi) is 3.26. The monoisotopic (exact) mass is 217 g/mol. The lowest BCUT2D eigenvalue weighted by atomic mass is 10.1. The fourth-order valence-corrected chi connectivity index (χ4v) is 1.55. The second kappa shape index (κ2) is 4.85. The second-order valence-corrected chi connectivity index (χ2v) is 3.71. The molecular weight excluding hydrogens is 202 g/mol. The van der Waals surface area contributed by atoms with E-state index >= 15 is 0 Å². The molecule has 2 N–H and O–H groups in total. The molecule has 0 spiro atoms. The highest BCUT2D eigenvalue weighted by Gasteiger charge is 2.09. The van der Waals surface area contributed by atoms with Crippen molar-refractivity contribution in [2.45, 2.75) is 18.9 Å². The van der Waals surface area contributed by atoms with E-state index in [4.69, 9.17) is 5.73 Å². The van der Waals surface area contributed by atoms with Gasteiger partial charge in [-0.2, -0.15) is 0 Å². The second-order valence-electron chi connectivity index (χ2n) is 3.71. The Bertz CT molecular complexity index is 437. The van der Waals surface area contributed by atoms with Crippen LogP contribution in [0.4, 0.5) is 0 Å². The van der Waals surface area contributed by atoms with Gasteiger partial charge in [0.15, 0.2) is 0 Å². The lowest BCUT2D eigenvalue weighted by Gasteiger charge is -2.09. The molecule has 5 heteroatoms. The van der Waals surface area contributed by atoms with E-state index in [0.29, 0.717) is 5.82 Å². The number of hydrogen-bond acceptors (Lipinski definition) is 4. The van der Waals surface area contributed by atoms with Crippen molar-refractivity contribution in [3.05, 3.63) is 42.5 Å². The van der Waals surface area contributed by atoms with Crippen molar-refractivity contribution in [1.82, 2.24) is 19.5 Å². The summed E-state index contributed by atoms with van der Waals surface area (Å²) < 4.78 is 2.00. The van der Waals surface area contributed by atoms with E-state index in [9.17, 15) is 0 Å². The van der Waals surface area contributed by atoms with Gasteiger partial charge in [-0.3, -0.25) is 0 Å². The van der Waals surface area contributed by atoms with Gasteiger partial charge < -0.3 is 10.3 Å². The summed E-state index contributed by atoms with van der Waals surface area (Å²) in [5, 5.41) is 0. The molecule has 16 heavy (non-hydrogen) atoms. The molecule has 0 radical (unpaired) electrons. The third-order valence-electron chi connectivity index (χ3n) is 2.52. The van der Waals surface area contributed by atoms with Crippen molar-refractivity contribution in [1.29, 1.82) is 0 Å². The highest BCUT2D eigenvalue weighted by Crippen LogP contribution is 2.11. The maximum atomic E-state index is 6.00. The molecule has 84 valence electrons. The summed E-state index contributed by atoms with van der Waals surface area (Å²) in [4.78, 5) is 12.5. The number of nitrogens with zero attached hydrogens (tertiary/aromatic N) is 4. The van der Waals surface area contributed by atoms with Crippen LogP contribution < -0.4 is 5.73 Å². The van der Waals surface area contributed by atoms with Gasteiger partial charge in [0.25, 0.3) is 0 Å². The van der Waals surface area contributed by atoms with Crippen LogP contribution in [-0.2, 0) is 13.5 Å². The van der Waals surface area contributed by atoms with E-state index in [1.54, 1.807) is 24.7 Å². The minimum atomic E-state index is -0.127. The van der Waals surface area contributed by atoms with E-state index in [2.05, 4.69) is 15.0 Å². The molecule has 0 fully saturated rings. The van der Waals surface area contributed by atoms with Gasteiger partial charge in [0.2, 0.25) is 0 Å². The fraction of sp³-hybridized carbons (Fsp3) is 0.364. The average Bonchev–Trinajstić information content (AvgIpc) is 2.73. The minimum Gasteiger partial charge on any atom is -0.338 e. The van der Waals surface area contributed by atoms with Gasteiger partial charge in [-0.05, 0) is 12.5 Å². The molecule has 0 amide bonds. The molecule has 2 aromatic heterocycles. The van der Waals surface area contributed by atoms with E-state index in [0.717, 1.165) is 18.7 Å². The first-order valence-corrected chi connectivity index (χ1v) is 5.26. The highest BCUT2D eigenvalue weighted by atomic mass is 15.0. The van der Waals surface area contributed by atoms with Gasteiger partial charge >= 0.3 is 0 Å². The third kappa shape index (κ3) is 2.43. The molecule has 0 aliphatic heterocycles. The molecule has 5 nitrogen and oxygen atoms in total. The van der Waals surface area contributed by atoms with Crippen molar-refractivity contribution in [3.63, 3.8) is 0 Å². The van der Waals surface area contributed by atoms with Crippen LogP contribution in [0.15, 0.2) is 30.9 Å². The molecule has 0 saturated heterocycles. The molecule has 0 aromatic carbocycles. The van der Waals surface area contributed by atoms with Crippen LogP contribution in [0.5, 0.6) is 0 Å². The molecule has 2 aromatic rings. The van der Waals surface area contributed by atoms with Crippen LogP contribution in [0.3, 0.4) is 0 Å². The number of rotatable bonds is 4. The Morgan fingerprint density at radius 1 is 1.25 bits per heavy atom. The Balaban J connectivity index is 1.94. The van der Waals surface area contributed by atoms with E-state index in [1.165, 1.54) is 0 Å². The van der Waals surface area contributed by atoms with Crippen LogP contribution in [0.1, 0.15) is 24.1 Å². The zero-order chi connectivity index (χ0) is 11.4. The maximum absolute atomic E-state index is 6.00. The third-order valence-corrected chi connectivity index (χ3v) is 2.52. The molecule has 1 unspecified atom stereocenters. The summed E-state index contributed by atoms with van der Waals surface area (Å²) in [6.45, 7) is 0. The Morgan fingerprint density at radius 3 is 2.62 bits per heavy atom. The minimum absolute atomic E-state index is 0.127. The van der Waals surface area contributed by atoms with Gasteiger partial charge in [0.1, 0.15) is 11.6 Å². The van der Waals surface area contributed by atoms with Crippen LogP contribution >= 0.6 is 0 Å². The molecule has 1 atom stereocenters. The van der Waals surface area contributed by atoms with E-state index in [-0.39, 0.29) is 6.04 Å². The quantitative estimate of drug-likeness (QED) is 0.824. The van der Waals surface area contributed by atoms with Gasteiger partial charge in [-0.1, -0.05) is 0 Å². The molecule has 2 rings (SSSR count). The summed E-state index contributed by atoms with van der Waals surface area (Å²) >= 11 is 0. The largest absolute Gasteiger partial charge is 0.338 e. The fourth-order valence-electron chi connectivity index (χ4n) is 1.55. The lowest BCUT2D eigenvalue weighted by molar-refractivity contribution is 0.590. The first-order valence-electron chi connectivity index (χ1n) is 5.26. The van der Waals surface area contributed by atoms with E-state index in [1.807, 2.05) is 17.8 Å². The number of hydrogen-bond donors (Lipinski definition) is 1. The molecule has 2 heterocycles. The van der Waals surface area contributed by atoms with Crippen LogP contribution in [0, 0.1) is 0 Å². The van der Waals surface area contributed by atoms with E-state index < -0.39 is 0 Å². The number of imidazole rings is 1. The summed E-state index contributed by atoms with van der Waals surface area (Å²) in [7, 11) is 1.98. The average molecular weight is 217 g/mol. The normalized spacial score (nSPS) is 12.6. The maximum Gasteiger partial charge on any atom is 0.144 e. The van der Waals surface area contributed by atoms with Gasteiger partial charge in [-0.25, -0.2) is 15.0 Å². The van der Waals surface area contributed by atoms with Gasteiger partial charge in [-0.15, -0.1) is 0 Å². The van der Waals surface area contributed by atoms with Crippen molar-refractivity contribution in [2.75, 3.05) is 0 Å². The topological polar surface area (TPSA) is 69.6 Å². The van der Waals surface area contributed by atoms with Crippen LogP contribution in [-0.4, -0.2) is 19.5 Å². The predicted molar refractivity (Wildman–Crippen MR) is 60.5 cm³/mol. The zero-order valence-corrected chi connectivity index (χ0v) is 9.24. The summed E-state index contributed by atoms with van der Waals surface area (Å²) in [5.74, 6) is 1.73. The van der Waals surface area contributed by atoms with Crippen molar-refractivity contribution in [2.24, 2.45) is 12.8 Å². The standard InChI is InChI=1S/C11H15N5/c1-16-8-7-13-10(16)4-3-9(12)11-14-5-2-6-15-11/h2,5-9H,3-4,12H2,1H3. The first-order chi connectivity index (χ1) is 7.77. The summed E-state index contributed by atoms with van der Waals surface area (Å²) in [5.41, 5.74) is 6.00. The summed E-state index contributed by atoms with van der Waals surface area (Å²) in [6.07, 6.45) is 8.78. The Morgan fingerprint density at radius 2 is 2.00 bits per heavy atom. The first kappa shape index (κ1) is 10.8. The SMILES string of the molecule is Cn1ccnc1CCC(N)c1ncccn1. The molecule has 0 aliphatic rings. The van der Waals surface area contributed by atoms with Crippen molar-refractivity contribution < 1.29 is 0 Å². The number of aryl methyl sites for hydroxylation is 2. The highest BCUT2D eigenvalue weighted by molar-refractivity contribution is 4.97. The molecule has 0 saturated carbocycles. The zero-order valence-electron chi connectivity index (χ0n) is 9.24. The molecular formula is C11H15N5. The lowest BCUT2D eigenvalue weighted by Crippen LogP contribution is -2.15. The number of aromatic nitrogens is 4. The molecule has 0 aliphatic carbocycles. The van der Waals surface area contributed by atoms with Gasteiger partial charge in [0.05, 0.1) is 6.04 Å². The smallest absolute Gasteiger partial charge is 0.144 e. The van der Waals surface area contributed by atoms with Crippen molar-refractivity contribution in [3.8, 4) is 0 Å². The molecule has 0 bridgehead atoms. The van der Waals surface area contributed by atoms with Crippen molar-refractivity contribution >= 4 is 0 Å². The predicted octanol–water partition coefficient (Wildman–Crippen LogP) is 0.843. The Labute approximate surface area is 94.4 Å². The van der Waals surface area contributed by atoms with Crippen LogP contribution in [0.2, 0.25) is 0 Å². The van der Waals surface area contributed by atoms with Gasteiger partial charge in [0, 0.05) is 38.3 Å². The Hall–Kier alpha value is -1.75. The number of nitrogens with two attached hydrogens (primary N) is 1. The summed E-state index contributed by atoms with van der Waals surface area (Å²) in [6, 6.07) is 1.66.